The number of benzene rings is 2. The van der Waals surface area contributed by atoms with Crippen LogP contribution in [0.3, 0.4) is 0 Å². The molecule has 0 amide bonds. The summed E-state index contributed by atoms with van der Waals surface area (Å²) in [6, 6.07) is 15.3. The van der Waals surface area contributed by atoms with Gasteiger partial charge < -0.3 is 20.1 Å². The predicted octanol–water partition coefficient (Wildman–Crippen LogP) is 4.38. The van der Waals surface area contributed by atoms with Crippen LogP contribution in [0, 0.1) is 0 Å². The molecule has 33 heavy (non-hydrogen) atoms. The molecule has 1 aliphatic heterocycles. The van der Waals surface area contributed by atoms with Gasteiger partial charge in [0.2, 0.25) is 0 Å². The van der Waals surface area contributed by atoms with E-state index in [1.54, 1.807) is 14.2 Å². The Hall–Kier alpha value is -2.26. The second kappa shape index (κ2) is 14.1. The minimum absolute atomic E-state index is 0. The van der Waals surface area contributed by atoms with Crippen LogP contribution in [0.1, 0.15) is 29.5 Å². The fraction of sp³-hybridized carbons (Fsp3) is 0.423. The van der Waals surface area contributed by atoms with Crippen molar-refractivity contribution >= 4 is 29.9 Å². The zero-order valence-electron chi connectivity index (χ0n) is 20.0. The van der Waals surface area contributed by atoms with Crippen LogP contribution in [0.5, 0.6) is 11.5 Å². The van der Waals surface area contributed by atoms with Crippen molar-refractivity contribution in [2.45, 2.75) is 38.4 Å². The number of halogens is 1. The fourth-order valence-electron chi connectivity index (χ4n) is 4.17. The Kier molecular flexibility index (Phi) is 11.5. The summed E-state index contributed by atoms with van der Waals surface area (Å²) < 4.78 is 11.1. The van der Waals surface area contributed by atoms with Gasteiger partial charge in [-0.2, -0.15) is 0 Å². The highest BCUT2D eigenvalue weighted by molar-refractivity contribution is 14.0. The highest BCUT2D eigenvalue weighted by Crippen LogP contribution is 2.33. The molecule has 2 aromatic rings. The van der Waals surface area contributed by atoms with Crippen molar-refractivity contribution in [2.24, 2.45) is 4.99 Å². The van der Waals surface area contributed by atoms with Crippen molar-refractivity contribution in [2.75, 3.05) is 34.4 Å². The Morgan fingerprint density at radius 3 is 2.45 bits per heavy atom. The molecule has 6 nitrogen and oxygen atoms in total. The first-order chi connectivity index (χ1) is 15.7. The Bertz CT molecular complexity index is 897. The lowest BCUT2D eigenvalue weighted by molar-refractivity contribution is 0.198. The average molecular weight is 565 g/mol. The third-order valence-electron chi connectivity index (χ3n) is 5.84. The van der Waals surface area contributed by atoms with E-state index < -0.39 is 0 Å². The van der Waals surface area contributed by atoms with Crippen LogP contribution >= 0.6 is 24.0 Å². The highest BCUT2D eigenvalue weighted by Gasteiger charge is 2.20. The number of nitrogens with one attached hydrogen (secondary N) is 2. The number of nitrogens with zero attached hydrogens (tertiary/aromatic N) is 2. The number of guanidine groups is 1. The summed E-state index contributed by atoms with van der Waals surface area (Å²) in [6.07, 6.45) is 4.81. The first-order valence-corrected chi connectivity index (χ1v) is 11.2. The molecule has 0 aliphatic carbocycles. The number of hydrogen-bond donors (Lipinski definition) is 2. The molecule has 3 rings (SSSR count). The van der Waals surface area contributed by atoms with Gasteiger partial charge >= 0.3 is 0 Å². The molecule has 1 aliphatic rings. The van der Waals surface area contributed by atoms with Crippen LogP contribution in [-0.2, 0) is 19.5 Å². The Labute approximate surface area is 215 Å². The van der Waals surface area contributed by atoms with Crippen LogP contribution in [-0.4, -0.2) is 51.3 Å². The fourth-order valence-corrected chi connectivity index (χ4v) is 4.17. The van der Waals surface area contributed by atoms with Crippen LogP contribution < -0.4 is 20.1 Å². The van der Waals surface area contributed by atoms with Gasteiger partial charge in [-0.05, 0) is 42.5 Å². The quantitative estimate of drug-likeness (QED) is 0.205. The van der Waals surface area contributed by atoms with Crippen molar-refractivity contribution < 1.29 is 9.47 Å². The smallest absolute Gasteiger partial charge is 0.191 e. The summed E-state index contributed by atoms with van der Waals surface area (Å²) in [5.41, 5.74) is 3.55. The normalized spacial score (nSPS) is 14.8. The van der Waals surface area contributed by atoms with Gasteiger partial charge in [-0.3, -0.25) is 9.89 Å². The van der Waals surface area contributed by atoms with E-state index in [0.29, 0.717) is 12.6 Å². The predicted molar refractivity (Wildman–Crippen MR) is 147 cm³/mol. The molecule has 2 aromatic carbocycles. The van der Waals surface area contributed by atoms with Crippen LogP contribution in [0.4, 0.5) is 0 Å². The highest BCUT2D eigenvalue weighted by atomic mass is 127. The Balaban J connectivity index is 0.00000385. The van der Waals surface area contributed by atoms with Gasteiger partial charge in [-0.25, -0.2) is 0 Å². The number of allylic oxidation sites excluding steroid dienone is 1. The van der Waals surface area contributed by atoms with Crippen LogP contribution in [0.2, 0.25) is 0 Å². The largest absolute Gasteiger partial charge is 0.493 e. The molecule has 0 saturated carbocycles. The van der Waals surface area contributed by atoms with Crippen molar-refractivity contribution in [1.29, 1.82) is 0 Å². The summed E-state index contributed by atoms with van der Waals surface area (Å²) in [5, 5.41) is 7.04. The van der Waals surface area contributed by atoms with E-state index in [4.69, 9.17) is 9.47 Å². The third-order valence-corrected chi connectivity index (χ3v) is 5.84. The van der Waals surface area contributed by atoms with Gasteiger partial charge in [0.15, 0.2) is 17.5 Å². The first-order valence-electron chi connectivity index (χ1n) is 11.2. The summed E-state index contributed by atoms with van der Waals surface area (Å²) in [4.78, 5) is 6.95. The number of aliphatic imine (C=N–C) groups is 1. The maximum atomic E-state index is 5.54. The number of rotatable bonds is 9. The van der Waals surface area contributed by atoms with E-state index >= 15 is 0 Å². The number of hydrogen-bond acceptors (Lipinski definition) is 4. The number of piperidine rings is 1. The average Bonchev–Trinajstić information content (AvgIpc) is 2.83. The topological polar surface area (TPSA) is 58.1 Å². The van der Waals surface area contributed by atoms with Gasteiger partial charge in [0, 0.05) is 44.8 Å². The summed E-state index contributed by atoms with van der Waals surface area (Å²) in [5.74, 6) is 2.32. The zero-order chi connectivity index (χ0) is 22.8. The van der Waals surface area contributed by atoms with Gasteiger partial charge in [0.05, 0.1) is 14.2 Å². The molecule has 0 aromatic heterocycles. The van der Waals surface area contributed by atoms with E-state index in [9.17, 15) is 0 Å². The maximum Gasteiger partial charge on any atom is 0.191 e. The Morgan fingerprint density at radius 1 is 1.12 bits per heavy atom. The standard InChI is InChI=1S/C26H36N4O2.HI/c1-5-9-22-16-21(17-24(31-3)25(22)32-4)18-28-26(27-2)29-23-12-14-30(15-13-23)19-20-10-7-6-8-11-20;/h5-8,10-11,16-17,23H,1,9,12-15,18-19H2,2-4H3,(H2,27,28,29);1H. The van der Waals surface area contributed by atoms with Crippen LogP contribution in [0.25, 0.3) is 0 Å². The monoisotopic (exact) mass is 564 g/mol. The van der Waals surface area contributed by atoms with Gasteiger partial charge in [0.1, 0.15) is 0 Å². The molecule has 0 bridgehead atoms. The van der Waals surface area contributed by atoms with Gasteiger partial charge in [0.25, 0.3) is 0 Å². The van der Waals surface area contributed by atoms with Gasteiger partial charge in [-0.15, -0.1) is 30.6 Å². The molecule has 1 heterocycles. The molecular weight excluding hydrogens is 527 g/mol. The molecule has 1 fully saturated rings. The molecule has 0 spiro atoms. The maximum absolute atomic E-state index is 5.54. The van der Waals surface area contributed by atoms with Gasteiger partial charge in [-0.1, -0.05) is 36.4 Å². The molecule has 2 N–H and O–H groups in total. The number of ether oxygens (including phenoxy) is 2. The summed E-state index contributed by atoms with van der Waals surface area (Å²) in [6.45, 7) is 7.70. The zero-order valence-corrected chi connectivity index (χ0v) is 22.3. The van der Waals surface area contributed by atoms with Crippen molar-refractivity contribution in [1.82, 2.24) is 15.5 Å². The second-order valence-corrected chi connectivity index (χ2v) is 8.09. The SMILES string of the molecule is C=CCc1cc(CNC(=NC)NC2CCN(Cc3ccccc3)CC2)cc(OC)c1OC.I. The minimum atomic E-state index is 0. The molecule has 0 radical (unpaired) electrons. The van der Waals surface area contributed by atoms with E-state index in [-0.39, 0.29) is 24.0 Å². The number of likely N-dealkylation sites (tertiary alicyclic amines) is 1. The van der Waals surface area contributed by atoms with Crippen molar-refractivity contribution in [3.63, 3.8) is 0 Å². The summed E-state index contributed by atoms with van der Waals surface area (Å²) >= 11 is 0. The second-order valence-electron chi connectivity index (χ2n) is 8.09. The lowest BCUT2D eigenvalue weighted by atomic mass is 10.0. The lowest BCUT2D eigenvalue weighted by Crippen LogP contribution is -2.48. The molecule has 1 saturated heterocycles. The molecular formula is C26H37IN4O2. The number of methoxy groups -OCH3 is 2. The van der Waals surface area contributed by atoms with E-state index in [2.05, 4.69) is 63.5 Å². The first kappa shape index (κ1) is 27.0. The minimum Gasteiger partial charge on any atom is -0.493 e. The Morgan fingerprint density at radius 2 is 1.85 bits per heavy atom. The molecule has 7 heteroatoms. The molecule has 0 unspecified atom stereocenters. The van der Waals surface area contributed by atoms with Crippen molar-refractivity contribution in [3.8, 4) is 11.5 Å². The van der Waals surface area contributed by atoms with E-state index in [0.717, 1.165) is 67.5 Å². The summed E-state index contributed by atoms with van der Waals surface area (Å²) in [7, 11) is 5.15. The molecule has 0 atom stereocenters. The van der Waals surface area contributed by atoms with E-state index in [1.165, 1.54) is 5.56 Å². The van der Waals surface area contributed by atoms with E-state index in [1.807, 2.05) is 19.2 Å². The van der Waals surface area contributed by atoms with Crippen molar-refractivity contribution in [3.05, 3.63) is 71.8 Å². The van der Waals surface area contributed by atoms with Crippen LogP contribution in [0.15, 0.2) is 60.1 Å². The lowest BCUT2D eigenvalue weighted by Gasteiger charge is -2.33. The third kappa shape index (κ3) is 7.92. The molecule has 180 valence electrons.